The zero-order chi connectivity index (χ0) is 34.3. The molecule has 0 heterocycles. The van der Waals surface area contributed by atoms with Crippen LogP contribution in [0.15, 0.2) is 59.1 Å². The molecular weight excluding hydrogens is 584 g/mol. The van der Waals surface area contributed by atoms with Crippen LogP contribution in [0.2, 0.25) is 0 Å². The maximum absolute atomic E-state index is 14.6. The van der Waals surface area contributed by atoms with Gasteiger partial charge in [-0.25, -0.2) is 0 Å². The van der Waals surface area contributed by atoms with Crippen molar-refractivity contribution in [2.24, 2.45) is 22.7 Å². The fourth-order valence-electron chi connectivity index (χ4n) is 8.69. The first-order valence-corrected chi connectivity index (χ1v) is 15.9. The van der Waals surface area contributed by atoms with Crippen LogP contribution >= 0.6 is 0 Å². The molecule has 0 saturated carbocycles. The summed E-state index contributed by atoms with van der Waals surface area (Å²) in [5, 5.41) is 47.3. The molecule has 4 atom stereocenters. The van der Waals surface area contributed by atoms with E-state index >= 15 is 0 Å². The molecule has 0 bridgehead atoms. The van der Waals surface area contributed by atoms with Crippen LogP contribution in [0.25, 0.3) is 0 Å². The average molecular weight is 629 g/mol. The van der Waals surface area contributed by atoms with E-state index in [9.17, 15) is 39.6 Å². The Labute approximate surface area is 269 Å². The number of benzene rings is 2. The van der Waals surface area contributed by atoms with E-state index in [1.807, 2.05) is 32.9 Å². The molecule has 4 N–H and O–H groups in total. The standard InChI is InChI=1S/C38H44O8/c1-19(2)28-31(42)26(20(3)39)33(44)38(46)34(45)29-32(43)27-23(17-36(29,7)18-37(28,38)8)22(16-24(30(27)41)35(4,5)6)14-15-25(40)21-12-10-9-11-13-21/h9-13,16,19,28,41-42,45-46H,14-15,17-18H2,1-8H3/t28?,36-,37-,38+/m1/s1. The number of hydrogen-bond acceptors (Lipinski definition) is 8. The number of aliphatic hydroxyl groups excluding tert-OH is 2. The third-order valence-corrected chi connectivity index (χ3v) is 10.6. The number of phenolic OH excluding ortho intramolecular Hbond substituents is 1. The SMILES string of the molecule is CC(=O)C1=C(O)C(C(C)C)[C@@]2(C)C[C@@]3(C)Cc4c(CCC(=O)c5ccccc5)cc(C(C)(C)C)c(O)c4C(=O)C3=C(O)[C@@]2(O)C1=O. The van der Waals surface area contributed by atoms with Gasteiger partial charge < -0.3 is 20.4 Å². The molecular formula is C38H44O8. The van der Waals surface area contributed by atoms with Crippen molar-refractivity contribution >= 4 is 23.1 Å². The van der Waals surface area contributed by atoms with E-state index in [0.29, 0.717) is 23.1 Å². The number of rotatable bonds is 6. The van der Waals surface area contributed by atoms with Crippen LogP contribution in [0, 0.1) is 22.7 Å². The molecule has 0 aromatic heterocycles. The Kier molecular flexibility index (Phi) is 7.80. The molecule has 0 saturated heterocycles. The minimum Gasteiger partial charge on any atom is -0.511 e. The third-order valence-electron chi connectivity index (χ3n) is 10.6. The van der Waals surface area contributed by atoms with Crippen molar-refractivity contribution in [3.05, 3.63) is 86.9 Å². The molecule has 244 valence electrons. The van der Waals surface area contributed by atoms with Crippen molar-refractivity contribution in [3.63, 3.8) is 0 Å². The number of aliphatic hydroxyl groups is 3. The van der Waals surface area contributed by atoms with Gasteiger partial charge in [-0.2, -0.15) is 0 Å². The van der Waals surface area contributed by atoms with Gasteiger partial charge in [0.1, 0.15) is 22.8 Å². The van der Waals surface area contributed by atoms with Crippen molar-refractivity contribution in [2.75, 3.05) is 0 Å². The van der Waals surface area contributed by atoms with E-state index in [4.69, 9.17) is 0 Å². The van der Waals surface area contributed by atoms with Gasteiger partial charge in [0.05, 0.1) is 5.56 Å². The maximum atomic E-state index is 14.6. The van der Waals surface area contributed by atoms with Crippen molar-refractivity contribution in [2.45, 2.75) is 92.1 Å². The summed E-state index contributed by atoms with van der Waals surface area (Å²) in [4.78, 5) is 54.3. The van der Waals surface area contributed by atoms with Crippen LogP contribution in [0.5, 0.6) is 5.75 Å². The van der Waals surface area contributed by atoms with Crippen molar-refractivity contribution in [3.8, 4) is 5.75 Å². The second-order valence-corrected chi connectivity index (χ2v) is 15.3. The van der Waals surface area contributed by atoms with E-state index in [-0.39, 0.29) is 47.8 Å². The van der Waals surface area contributed by atoms with E-state index < -0.39 is 62.2 Å². The molecule has 2 aromatic rings. The lowest BCUT2D eigenvalue weighted by Crippen LogP contribution is -2.67. The molecule has 0 fully saturated rings. The Morgan fingerprint density at radius 2 is 1.63 bits per heavy atom. The van der Waals surface area contributed by atoms with Gasteiger partial charge in [0.15, 0.2) is 23.0 Å². The Hall–Kier alpha value is -4.04. The molecule has 5 rings (SSSR count). The fraction of sp³-hybridized carbons (Fsp3) is 0.474. The summed E-state index contributed by atoms with van der Waals surface area (Å²) < 4.78 is 0. The zero-order valence-corrected chi connectivity index (χ0v) is 27.9. The van der Waals surface area contributed by atoms with E-state index in [2.05, 4.69) is 0 Å². The molecule has 0 amide bonds. The number of fused-ring (bicyclic) bond motifs is 3. The monoisotopic (exact) mass is 628 g/mol. The second kappa shape index (κ2) is 10.8. The lowest BCUT2D eigenvalue weighted by Gasteiger charge is -2.59. The highest BCUT2D eigenvalue weighted by atomic mass is 16.3. The molecule has 0 radical (unpaired) electrons. The van der Waals surface area contributed by atoms with Gasteiger partial charge in [-0.1, -0.05) is 84.9 Å². The second-order valence-electron chi connectivity index (χ2n) is 15.3. The van der Waals surface area contributed by atoms with Gasteiger partial charge >= 0.3 is 0 Å². The molecule has 3 aliphatic rings. The summed E-state index contributed by atoms with van der Waals surface area (Å²) in [5.41, 5.74) is -4.35. The molecule has 46 heavy (non-hydrogen) atoms. The number of Topliss-reactive ketones (excluding diaryl/α,β-unsaturated/α-hetero) is 4. The van der Waals surface area contributed by atoms with Gasteiger partial charge in [0.25, 0.3) is 0 Å². The predicted octanol–water partition coefficient (Wildman–Crippen LogP) is 6.46. The van der Waals surface area contributed by atoms with Gasteiger partial charge in [-0.15, -0.1) is 0 Å². The Morgan fingerprint density at radius 3 is 2.17 bits per heavy atom. The molecule has 0 spiro atoms. The first kappa shape index (κ1) is 33.3. The van der Waals surface area contributed by atoms with Crippen LogP contribution in [-0.4, -0.2) is 49.2 Å². The number of aromatic hydroxyl groups is 1. The molecule has 1 unspecified atom stereocenters. The minimum absolute atomic E-state index is 0.00900. The number of allylic oxidation sites excluding steroid dienone is 2. The Bertz CT molecular complexity index is 1750. The highest BCUT2D eigenvalue weighted by molar-refractivity contribution is 6.25. The lowest BCUT2D eigenvalue weighted by atomic mass is 9.44. The predicted molar refractivity (Wildman–Crippen MR) is 173 cm³/mol. The summed E-state index contributed by atoms with van der Waals surface area (Å²) in [7, 11) is 0. The summed E-state index contributed by atoms with van der Waals surface area (Å²) in [6.45, 7) is 13.8. The van der Waals surface area contributed by atoms with E-state index in [1.165, 1.54) is 0 Å². The van der Waals surface area contributed by atoms with Crippen molar-refractivity contribution in [1.29, 1.82) is 0 Å². The number of carbonyl (C=O) groups is 4. The number of ketones is 4. The smallest absolute Gasteiger partial charge is 0.209 e. The summed E-state index contributed by atoms with van der Waals surface area (Å²) in [6, 6.07) is 10.8. The van der Waals surface area contributed by atoms with Crippen LogP contribution < -0.4 is 0 Å². The topological polar surface area (TPSA) is 149 Å². The molecule has 8 heteroatoms. The highest BCUT2D eigenvalue weighted by Crippen LogP contribution is 2.65. The van der Waals surface area contributed by atoms with Gasteiger partial charge in [-0.3, -0.25) is 19.2 Å². The fourth-order valence-corrected chi connectivity index (χ4v) is 8.69. The number of aryl methyl sites for hydroxylation is 1. The van der Waals surface area contributed by atoms with Gasteiger partial charge in [0.2, 0.25) is 5.78 Å². The van der Waals surface area contributed by atoms with Crippen molar-refractivity contribution in [1.82, 2.24) is 0 Å². The van der Waals surface area contributed by atoms with Crippen molar-refractivity contribution < 1.29 is 39.6 Å². The minimum atomic E-state index is -2.67. The zero-order valence-electron chi connectivity index (χ0n) is 27.9. The molecule has 3 aliphatic carbocycles. The molecule has 8 nitrogen and oxygen atoms in total. The normalized spacial score (nSPS) is 27.8. The molecule has 0 aliphatic heterocycles. The summed E-state index contributed by atoms with van der Waals surface area (Å²) in [6.07, 6.45) is 0.634. The number of phenols is 1. The van der Waals surface area contributed by atoms with Gasteiger partial charge in [0, 0.05) is 39.9 Å². The van der Waals surface area contributed by atoms with Gasteiger partial charge in [-0.05, 0) is 48.6 Å². The highest BCUT2D eigenvalue weighted by Gasteiger charge is 2.71. The Morgan fingerprint density at radius 1 is 1.02 bits per heavy atom. The van der Waals surface area contributed by atoms with Crippen LogP contribution in [0.3, 0.4) is 0 Å². The largest absolute Gasteiger partial charge is 0.511 e. The number of hydrogen-bond donors (Lipinski definition) is 4. The average Bonchev–Trinajstić information content (AvgIpc) is 2.93. The first-order valence-electron chi connectivity index (χ1n) is 15.9. The van der Waals surface area contributed by atoms with Crippen LogP contribution in [-0.2, 0) is 27.8 Å². The Balaban J connectivity index is 1.74. The molecule has 2 aromatic carbocycles. The quantitative estimate of drug-likeness (QED) is 0.210. The van der Waals surface area contributed by atoms with E-state index in [1.54, 1.807) is 52.0 Å². The number of carbonyl (C=O) groups excluding carboxylic acids is 4. The summed E-state index contributed by atoms with van der Waals surface area (Å²) in [5.74, 6) is -5.44. The third kappa shape index (κ3) is 4.59. The summed E-state index contributed by atoms with van der Waals surface area (Å²) >= 11 is 0. The van der Waals surface area contributed by atoms with Crippen LogP contribution in [0.4, 0.5) is 0 Å². The van der Waals surface area contributed by atoms with Crippen LogP contribution in [0.1, 0.15) is 106 Å². The van der Waals surface area contributed by atoms with E-state index in [0.717, 1.165) is 12.5 Å². The maximum Gasteiger partial charge on any atom is 0.209 e. The first-order chi connectivity index (χ1) is 21.2. The lowest BCUT2D eigenvalue weighted by molar-refractivity contribution is -0.171.